The molecular formula is C28H24BrN3O5. The number of nitro groups is 1. The number of rotatable bonds is 11. The van der Waals surface area contributed by atoms with E-state index in [1.807, 2.05) is 24.3 Å². The van der Waals surface area contributed by atoms with Gasteiger partial charge in [-0.05, 0) is 87.1 Å². The van der Waals surface area contributed by atoms with E-state index in [9.17, 15) is 20.2 Å². The average Bonchev–Trinajstić information content (AvgIpc) is 2.90. The lowest BCUT2D eigenvalue weighted by Crippen LogP contribution is -2.23. The molecule has 0 radical (unpaired) electrons. The molecule has 0 aromatic heterocycles. The molecule has 0 atom stereocenters. The summed E-state index contributed by atoms with van der Waals surface area (Å²) in [5.74, 6) is 0.810. The minimum absolute atomic E-state index is 0.00903. The zero-order valence-corrected chi connectivity index (χ0v) is 21.7. The third-order valence-electron chi connectivity index (χ3n) is 5.33. The van der Waals surface area contributed by atoms with Crippen LogP contribution in [0.5, 0.6) is 11.5 Å². The monoisotopic (exact) mass is 561 g/mol. The lowest BCUT2D eigenvalue weighted by Gasteiger charge is -2.14. The van der Waals surface area contributed by atoms with Crippen LogP contribution in [0, 0.1) is 21.4 Å². The van der Waals surface area contributed by atoms with Gasteiger partial charge in [-0.2, -0.15) is 5.26 Å². The molecule has 0 fully saturated rings. The van der Waals surface area contributed by atoms with E-state index in [2.05, 4.69) is 27.8 Å². The number of benzene rings is 3. The number of hydrogen-bond donors (Lipinski definition) is 1. The highest BCUT2D eigenvalue weighted by molar-refractivity contribution is 9.10. The predicted molar refractivity (Wildman–Crippen MR) is 144 cm³/mol. The Bertz CT molecular complexity index is 1360. The van der Waals surface area contributed by atoms with E-state index in [1.54, 1.807) is 43.5 Å². The van der Waals surface area contributed by atoms with E-state index in [4.69, 9.17) is 9.47 Å². The quantitative estimate of drug-likeness (QED) is 0.102. The lowest BCUT2D eigenvalue weighted by atomic mass is 10.0. The molecule has 0 aliphatic rings. The van der Waals surface area contributed by atoms with Crippen LogP contribution in [0.25, 0.3) is 6.08 Å². The van der Waals surface area contributed by atoms with E-state index in [0.29, 0.717) is 28.0 Å². The summed E-state index contributed by atoms with van der Waals surface area (Å²) in [6.45, 7) is 4.26. The molecule has 0 aliphatic carbocycles. The molecule has 1 amide bonds. The minimum Gasteiger partial charge on any atom is -0.497 e. The number of amides is 1. The Labute approximate surface area is 223 Å². The molecule has 0 saturated heterocycles. The van der Waals surface area contributed by atoms with Crippen molar-refractivity contribution in [3.05, 3.63) is 116 Å². The number of nitro benzene ring substituents is 1. The van der Waals surface area contributed by atoms with Gasteiger partial charge in [0.1, 0.15) is 29.7 Å². The molecule has 0 saturated carbocycles. The van der Waals surface area contributed by atoms with Crippen LogP contribution in [0.4, 0.5) is 5.69 Å². The highest BCUT2D eigenvalue weighted by Crippen LogP contribution is 2.33. The number of carbonyl (C=O) groups excluding carboxylic acids is 1. The van der Waals surface area contributed by atoms with Gasteiger partial charge in [-0.15, -0.1) is 6.58 Å². The number of hydrogen-bond acceptors (Lipinski definition) is 6. The molecule has 37 heavy (non-hydrogen) atoms. The van der Waals surface area contributed by atoms with Gasteiger partial charge in [0, 0.05) is 18.7 Å². The number of nitrogens with zero attached hydrogens (tertiary/aromatic N) is 2. The molecule has 9 heteroatoms. The summed E-state index contributed by atoms with van der Waals surface area (Å²) in [4.78, 5) is 23.0. The molecule has 0 spiro atoms. The first kappa shape index (κ1) is 27.2. The third-order valence-corrected chi connectivity index (χ3v) is 5.91. The second-order valence-electron chi connectivity index (χ2n) is 7.90. The van der Waals surface area contributed by atoms with Gasteiger partial charge in [0.15, 0.2) is 0 Å². The van der Waals surface area contributed by atoms with E-state index < -0.39 is 10.8 Å². The number of carbonyl (C=O) groups is 1. The first-order valence-electron chi connectivity index (χ1n) is 11.2. The van der Waals surface area contributed by atoms with Crippen molar-refractivity contribution in [3.8, 4) is 17.6 Å². The van der Waals surface area contributed by atoms with Crippen molar-refractivity contribution in [3.63, 3.8) is 0 Å². The largest absolute Gasteiger partial charge is 0.497 e. The van der Waals surface area contributed by atoms with Crippen LogP contribution in [0.2, 0.25) is 0 Å². The molecule has 3 aromatic carbocycles. The predicted octanol–water partition coefficient (Wildman–Crippen LogP) is 5.90. The number of methoxy groups -OCH3 is 1. The summed E-state index contributed by atoms with van der Waals surface area (Å²) < 4.78 is 11.8. The number of ether oxygens (including phenoxy) is 2. The van der Waals surface area contributed by atoms with Gasteiger partial charge in [0.25, 0.3) is 11.6 Å². The maximum atomic E-state index is 12.6. The van der Waals surface area contributed by atoms with Crippen LogP contribution >= 0.6 is 15.9 Å². The molecule has 0 unspecified atom stereocenters. The molecule has 0 bridgehead atoms. The summed E-state index contributed by atoms with van der Waals surface area (Å²) in [6, 6.07) is 18.9. The molecule has 3 aromatic rings. The number of nitrogens with one attached hydrogen (secondary N) is 1. The first-order valence-corrected chi connectivity index (χ1v) is 12.0. The highest BCUT2D eigenvalue weighted by Gasteiger charge is 2.14. The van der Waals surface area contributed by atoms with Gasteiger partial charge in [-0.3, -0.25) is 14.9 Å². The van der Waals surface area contributed by atoms with Crippen LogP contribution in [0.1, 0.15) is 22.3 Å². The van der Waals surface area contributed by atoms with E-state index >= 15 is 0 Å². The fraction of sp³-hybridized carbons (Fsp3) is 0.143. The van der Waals surface area contributed by atoms with Gasteiger partial charge < -0.3 is 14.8 Å². The zero-order chi connectivity index (χ0) is 26.8. The van der Waals surface area contributed by atoms with Gasteiger partial charge >= 0.3 is 0 Å². The van der Waals surface area contributed by atoms with Crippen molar-refractivity contribution >= 4 is 33.6 Å². The summed E-state index contributed by atoms with van der Waals surface area (Å²) in [7, 11) is 1.58. The summed E-state index contributed by atoms with van der Waals surface area (Å²) in [6.07, 6.45) is 3.73. The summed E-state index contributed by atoms with van der Waals surface area (Å²) in [5, 5.41) is 23.2. The van der Waals surface area contributed by atoms with Crippen molar-refractivity contribution in [2.75, 3.05) is 7.11 Å². The van der Waals surface area contributed by atoms with Crippen LogP contribution in [0.3, 0.4) is 0 Å². The molecule has 188 valence electrons. The van der Waals surface area contributed by atoms with Crippen LogP contribution in [-0.2, 0) is 24.4 Å². The molecule has 3 rings (SSSR count). The SMILES string of the molecule is C=CCc1cc(/C=C(/C#N)C(=O)NCc2ccc(OC)cc2)cc(Br)c1OCc1ccc([N+](=O)[O-])cc1. The average molecular weight is 562 g/mol. The van der Waals surface area contributed by atoms with Crippen LogP contribution in [0.15, 0.2) is 83.4 Å². The Morgan fingerprint density at radius 3 is 2.43 bits per heavy atom. The summed E-state index contributed by atoms with van der Waals surface area (Å²) in [5.41, 5.74) is 3.05. The summed E-state index contributed by atoms with van der Waals surface area (Å²) >= 11 is 3.52. The number of nitriles is 1. The van der Waals surface area contributed by atoms with Crippen molar-refractivity contribution in [1.29, 1.82) is 5.26 Å². The Hall–Kier alpha value is -4.42. The van der Waals surface area contributed by atoms with Crippen molar-refractivity contribution < 1.29 is 19.2 Å². The molecule has 0 heterocycles. The van der Waals surface area contributed by atoms with E-state index in [1.165, 1.54) is 18.2 Å². The number of non-ortho nitro benzene ring substituents is 1. The van der Waals surface area contributed by atoms with Gasteiger partial charge in [0.05, 0.1) is 16.5 Å². The highest BCUT2D eigenvalue weighted by atomic mass is 79.9. The molecular weight excluding hydrogens is 538 g/mol. The van der Waals surface area contributed by atoms with Crippen LogP contribution in [-0.4, -0.2) is 17.9 Å². The second kappa shape index (κ2) is 13.0. The Kier molecular flexibility index (Phi) is 9.58. The standard InChI is InChI=1S/C28H24BrN3O5/c1-3-4-22-13-21(14-23(16-30)28(33)31-17-19-7-11-25(36-2)12-8-19)15-26(29)27(22)37-18-20-5-9-24(10-6-20)32(34)35/h3,5-15H,1,4,17-18H2,2H3,(H,31,33)/b23-14-. The minimum atomic E-state index is -0.488. The van der Waals surface area contributed by atoms with Crippen molar-refractivity contribution in [1.82, 2.24) is 5.32 Å². The smallest absolute Gasteiger partial charge is 0.269 e. The van der Waals surface area contributed by atoms with Crippen molar-refractivity contribution in [2.45, 2.75) is 19.6 Å². The first-order chi connectivity index (χ1) is 17.8. The molecule has 0 aliphatic heterocycles. The fourth-order valence-corrected chi connectivity index (χ4v) is 4.06. The third kappa shape index (κ3) is 7.53. The second-order valence-corrected chi connectivity index (χ2v) is 8.75. The van der Waals surface area contributed by atoms with Crippen molar-refractivity contribution in [2.24, 2.45) is 0 Å². The van der Waals surface area contributed by atoms with Gasteiger partial charge in [-0.1, -0.05) is 18.2 Å². The lowest BCUT2D eigenvalue weighted by molar-refractivity contribution is -0.384. The number of allylic oxidation sites excluding steroid dienone is 1. The van der Waals surface area contributed by atoms with Gasteiger partial charge in [0.2, 0.25) is 0 Å². The van der Waals surface area contributed by atoms with E-state index in [-0.39, 0.29) is 24.4 Å². The fourth-order valence-electron chi connectivity index (χ4n) is 3.43. The normalized spacial score (nSPS) is 10.8. The van der Waals surface area contributed by atoms with Crippen LogP contribution < -0.4 is 14.8 Å². The molecule has 1 N–H and O–H groups in total. The maximum absolute atomic E-state index is 12.6. The van der Waals surface area contributed by atoms with E-state index in [0.717, 1.165) is 16.7 Å². The Morgan fingerprint density at radius 2 is 1.84 bits per heavy atom. The maximum Gasteiger partial charge on any atom is 0.269 e. The zero-order valence-electron chi connectivity index (χ0n) is 20.1. The van der Waals surface area contributed by atoms with Gasteiger partial charge in [-0.25, -0.2) is 0 Å². The topological polar surface area (TPSA) is 114 Å². The Balaban J connectivity index is 1.75. The Morgan fingerprint density at radius 1 is 1.16 bits per heavy atom. The molecule has 8 nitrogen and oxygen atoms in total. The number of halogens is 1.